The molecule has 3 aliphatic heterocycles. The van der Waals surface area contributed by atoms with Gasteiger partial charge in [0.05, 0.1) is 23.1 Å². The second kappa shape index (κ2) is 10.0. The monoisotopic (exact) mass is 517 g/mol. The number of hydrogen-bond donors (Lipinski definition) is 3. The van der Waals surface area contributed by atoms with Crippen molar-refractivity contribution in [1.29, 1.82) is 5.41 Å². The van der Waals surface area contributed by atoms with E-state index in [1.165, 1.54) is 16.9 Å². The van der Waals surface area contributed by atoms with Crippen molar-refractivity contribution in [2.24, 2.45) is 7.05 Å². The van der Waals surface area contributed by atoms with Gasteiger partial charge in [-0.1, -0.05) is 0 Å². The van der Waals surface area contributed by atoms with Gasteiger partial charge in [0.15, 0.2) is 0 Å². The third kappa shape index (κ3) is 5.06. The van der Waals surface area contributed by atoms with Crippen LogP contribution < -0.4 is 20.4 Å². The van der Waals surface area contributed by atoms with Gasteiger partial charge in [-0.3, -0.25) is 10.1 Å². The molecule has 1 aromatic carbocycles. The lowest BCUT2D eigenvalue weighted by Crippen LogP contribution is -2.50. The van der Waals surface area contributed by atoms with E-state index in [2.05, 4.69) is 15.7 Å². The summed E-state index contributed by atoms with van der Waals surface area (Å²) in [5.74, 6) is 0.241. The first-order valence-electron chi connectivity index (χ1n) is 12.7. The first kappa shape index (κ1) is 25.6. The molecule has 1 aromatic heterocycles. The van der Waals surface area contributed by atoms with E-state index in [4.69, 9.17) is 4.74 Å². The highest BCUT2D eigenvalue weighted by molar-refractivity contribution is 6.11. The van der Waals surface area contributed by atoms with Crippen molar-refractivity contribution in [2.75, 3.05) is 49.7 Å². The molecule has 37 heavy (non-hydrogen) atoms. The molecule has 2 aromatic rings. The molecule has 1 fully saturated rings. The maximum Gasteiger partial charge on any atom is 0.417 e. The smallest absolute Gasteiger partial charge is 0.385 e. The molecule has 0 radical (unpaired) electrons. The zero-order valence-electron chi connectivity index (χ0n) is 21.5. The minimum absolute atomic E-state index is 0.00427. The number of anilines is 2. The molecule has 1 atom stereocenters. The minimum Gasteiger partial charge on any atom is -0.385 e. The topological polar surface area (TPSA) is 81.4 Å². The fourth-order valence-electron chi connectivity index (χ4n) is 5.36. The van der Waals surface area contributed by atoms with E-state index >= 15 is 0 Å². The van der Waals surface area contributed by atoms with Crippen molar-refractivity contribution >= 4 is 17.2 Å². The van der Waals surface area contributed by atoms with Crippen molar-refractivity contribution in [2.45, 2.75) is 44.4 Å². The van der Waals surface area contributed by atoms with Crippen LogP contribution in [0.3, 0.4) is 0 Å². The number of nitrogens with one attached hydrogen (secondary N) is 3. The highest BCUT2D eigenvalue weighted by Crippen LogP contribution is 2.45. The highest BCUT2D eigenvalue weighted by Gasteiger charge is 2.39. The average Bonchev–Trinajstić information content (AvgIpc) is 3.31. The molecule has 0 aliphatic carbocycles. The van der Waals surface area contributed by atoms with Crippen LogP contribution in [0.2, 0.25) is 0 Å². The molecule has 0 saturated carbocycles. The number of halogens is 3. The molecule has 1 unspecified atom stereocenters. The van der Waals surface area contributed by atoms with E-state index in [0.29, 0.717) is 43.2 Å². The molecular formula is C26H34F3N7O. The maximum atomic E-state index is 14.3. The third-order valence-electron chi connectivity index (χ3n) is 7.59. The molecule has 5 rings (SSSR count). The van der Waals surface area contributed by atoms with Crippen molar-refractivity contribution in [3.05, 3.63) is 41.4 Å². The van der Waals surface area contributed by atoms with Gasteiger partial charge < -0.3 is 25.2 Å². The average molecular weight is 518 g/mol. The number of aryl methyl sites for hydroxylation is 1. The Morgan fingerprint density at radius 3 is 2.62 bits per heavy atom. The first-order chi connectivity index (χ1) is 17.6. The van der Waals surface area contributed by atoms with Crippen LogP contribution in [0.4, 0.5) is 24.5 Å². The molecule has 0 bridgehead atoms. The van der Waals surface area contributed by atoms with Gasteiger partial charge in [0.25, 0.3) is 0 Å². The van der Waals surface area contributed by atoms with E-state index in [-0.39, 0.29) is 23.5 Å². The van der Waals surface area contributed by atoms with E-state index in [1.807, 2.05) is 18.9 Å². The number of aromatic nitrogens is 2. The molecular weight excluding hydrogens is 483 g/mol. The standard InChI is InChI=1S/C26H34F3N7O/c1-16-14-36(25(30)20-13-31-7-4-22(20)33-18-5-8-37-9-6-18)24-11-21(26(27,28)29)19(10-23(24)35(16)3)17-12-32-34(2)15-17/h10-12,15-16,18,30-31,33H,4-9,13-14H2,1-3H3. The fraction of sp³-hybridized carbons (Fsp3) is 0.538. The van der Waals surface area contributed by atoms with Crippen LogP contribution in [0.1, 0.15) is 31.7 Å². The number of alkyl halides is 3. The van der Waals surface area contributed by atoms with Crippen LogP contribution in [-0.2, 0) is 18.0 Å². The highest BCUT2D eigenvalue weighted by atomic mass is 19.4. The van der Waals surface area contributed by atoms with Crippen LogP contribution in [0.25, 0.3) is 11.1 Å². The number of hydrogen-bond acceptors (Lipinski definition) is 6. The van der Waals surface area contributed by atoms with Crippen molar-refractivity contribution < 1.29 is 17.9 Å². The largest absolute Gasteiger partial charge is 0.417 e. The first-order valence-corrected chi connectivity index (χ1v) is 12.7. The second-order valence-corrected chi connectivity index (χ2v) is 10.1. The van der Waals surface area contributed by atoms with Gasteiger partial charge in [0.2, 0.25) is 0 Å². The van der Waals surface area contributed by atoms with Crippen LogP contribution in [0.15, 0.2) is 35.8 Å². The number of ether oxygens (including phenoxy) is 1. The summed E-state index contributed by atoms with van der Waals surface area (Å²) < 4.78 is 50.0. The second-order valence-electron chi connectivity index (χ2n) is 10.1. The Hall–Kier alpha value is -3.05. The summed E-state index contributed by atoms with van der Waals surface area (Å²) in [6.45, 7) is 5.15. The normalized spacial score (nSPS) is 21.3. The zero-order valence-corrected chi connectivity index (χ0v) is 21.5. The van der Waals surface area contributed by atoms with Crippen LogP contribution in [-0.4, -0.2) is 67.6 Å². The fourth-order valence-corrected chi connectivity index (χ4v) is 5.36. The lowest BCUT2D eigenvalue weighted by Gasteiger charge is -2.43. The Bertz CT molecular complexity index is 1200. The predicted octanol–water partition coefficient (Wildman–Crippen LogP) is 3.74. The molecule has 0 spiro atoms. The van der Waals surface area contributed by atoms with E-state index in [0.717, 1.165) is 37.1 Å². The van der Waals surface area contributed by atoms with Crippen molar-refractivity contribution in [1.82, 2.24) is 20.4 Å². The number of rotatable bonds is 4. The molecule has 8 nitrogen and oxygen atoms in total. The summed E-state index contributed by atoms with van der Waals surface area (Å²) >= 11 is 0. The Balaban J connectivity index is 1.58. The summed E-state index contributed by atoms with van der Waals surface area (Å²) in [6.07, 6.45) is 1.04. The van der Waals surface area contributed by atoms with Crippen molar-refractivity contribution in [3.63, 3.8) is 0 Å². The molecule has 3 N–H and O–H groups in total. The van der Waals surface area contributed by atoms with Gasteiger partial charge in [0.1, 0.15) is 5.84 Å². The van der Waals surface area contributed by atoms with E-state index in [1.54, 1.807) is 24.2 Å². The molecule has 200 valence electrons. The molecule has 0 amide bonds. The number of amidine groups is 1. The van der Waals surface area contributed by atoms with E-state index < -0.39 is 11.7 Å². The van der Waals surface area contributed by atoms with Gasteiger partial charge in [-0.15, -0.1) is 0 Å². The Morgan fingerprint density at radius 2 is 1.95 bits per heavy atom. The van der Waals surface area contributed by atoms with E-state index in [9.17, 15) is 18.6 Å². The third-order valence-corrected chi connectivity index (χ3v) is 7.59. The van der Waals surface area contributed by atoms with Gasteiger partial charge in [-0.05, 0) is 37.5 Å². The summed E-state index contributed by atoms with van der Waals surface area (Å²) in [4.78, 5) is 3.74. The van der Waals surface area contributed by atoms with Gasteiger partial charge in [-0.25, -0.2) is 0 Å². The van der Waals surface area contributed by atoms with Crippen LogP contribution in [0.5, 0.6) is 0 Å². The van der Waals surface area contributed by atoms with Crippen LogP contribution >= 0.6 is 0 Å². The summed E-state index contributed by atoms with van der Waals surface area (Å²) in [5.41, 5.74) is 2.65. The summed E-state index contributed by atoms with van der Waals surface area (Å²) in [5, 5.41) is 20.3. The molecule has 1 saturated heterocycles. The molecule has 11 heteroatoms. The number of nitrogens with zero attached hydrogens (tertiary/aromatic N) is 4. The minimum atomic E-state index is -4.56. The zero-order chi connectivity index (χ0) is 26.3. The Labute approximate surface area is 215 Å². The van der Waals surface area contributed by atoms with Gasteiger partial charge in [-0.2, -0.15) is 18.3 Å². The quantitative estimate of drug-likeness (QED) is 0.424. The number of benzene rings is 1. The Kier molecular flexibility index (Phi) is 6.93. The lowest BCUT2D eigenvalue weighted by molar-refractivity contribution is -0.137. The number of fused-ring (bicyclic) bond motifs is 1. The van der Waals surface area contributed by atoms with Gasteiger partial charge in [0, 0.05) is 88.5 Å². The maximum absolute atomic E-state index is 14.3. The van der Waals surface area contributed by atoms with Crippen LogP contribution in [0, 0.1) is 5.41 Å². The SMILES string of the molecule is CC1CN(C(=N)C2=C(NC3CCOCC3)CCNC2)c2cc(C(F)(F)F)c(-c3cnn(C)c3)cc2N1C. The lowest BCUT2D eigenvalue weighted by atomic mass is 9.95. The Morgan fingerprint density at radius 1 is 1.19 bits per heavy atom. The molecule has 4 heterocycles. The predicted molar refractivity (Wildman–Crippen MR) is 138 cm³/mol. The summed E-state index contributed by atoms with van der Waals surface area (Å²) in [6, 6.07) is 3.08. The van der Waals surface area contributed by atoms with Gasteiger partial charge >= 0.3 is 6.18 Å². The van der Waals surface area contributed by atoms with Crippen molar-refractivity contribution in [3.8, 4) is 11.1 Å². The number of likely N-dealkylation sites (N-methyl/N-ethyl adjacent to an activating group) is 1. The molecule has 3 aliphatic rings. The summed E-state index contributed by atoms with van der Waals surface area (Å²) in [7, 11) is 3.58.